The average molecular weight is 641 g/mol. The number of rotatable bonds is 7. The molecular weight excluding hydrogens is 625 g/mol. The zero-order valence-electron chi connectivity index (χ0n) is 16.8. The van der Waals surface area contributed by atoms with Crippen molar-refractivity contribution in [1.29, 1.82) is 0 Å². The number of amides is 2. The van der Waals surface area contributed by atoms with Crippen LogP contribution in [0.2, 0.25) is 5.02 Å². The summed E-state index contributed by atoms with van der Waals surface area (Å²) in [4.78, 5) is 36.7. The molecule has 0 atom stereocenters. The number of carbonyl (C=O) groups is 3. The van der Waals surface area contributed by atoms with Crippen LogP contribution in [0.4, 0.5) is 0 Å². The molecule has 0 bridgehead atoms. The third kappa shape index (κ3) is 7.11. The van der Waals surface area contributed by atoms with Crippen LogP contribution in [0.1, 0.15) is 26.3 Å². The van der Waals surface area contributed by atoms with Gasteiger partial charge in [0.2, 0.25) is 0 Å². The molecule has 0 saturated heterocycles. The largest absolute Gasteiger partial charge is 0.422 e. The van der Waals surface area contributed by atoms with Crippen LogP contribution in [-0.2, 0) is 4.79 Å². The van der Waals surface area contributed by atoms with Crippen molar-refractivity contribution in [1.82, 2.24) is 10.7 Å². The second-order valence-electron chi connectivity index (χ2n) is 6.51. The van der Waals surface area contributed by atoms with E-state index in [0.717, 1.165) is 8.04 Å². The number of hydrazone groups is 1. The maximum atomic E-state index is 12.5. The number of hydrogen-bond acceptors (Lipinski definition) is 5. The summed E-state index contributed by atoms with van der Waals surface area (Å²) < 4.78 is 6.96. The molecule has 0 aliphatic rings. The van der Waals surface area contributed by atoms with Crippen LogP contribution in [0.15, 0.2) is 76.3 Å². The van der Waals surface area contributed by atoms with E-state index in [9.17, 15) is 14.4 Å². The molecule has 2 amide bonds. The number of benzene rings is 3. The van der Waals surface area contributed by atoms with Crippen LogP contribution < -0.4 is 15.5 Å². The molecule has 33 heavy (non-hydrogen) atoms. The molecule has 3 aromatic carbocycles. The van der Waals surface area contributed by atoms with Gasteiger partial charge in [0.05, 0.1) is 28.9 Å². The highest BCUT2D eigenvalue weighted by Crippen LogP contribution is 2.24. The lowest BCUT2D eigenvalue weighted by Crippen LogP contribution is -2.35. The second kappa shape index (κ2) is 11.9. The Morgan fingerprint density at radius 2 is 1.73 bits per heavy atom. The Bertz CT molecular complexity index is 1240. The van der Waals surface area contributed by atoms with E-state index in [2.05, 4.69) is 31.8 Å². The van der Waals surface area contributed by atoms with Crippen molar-refractivity contribution in [2.24, 2.45) is 5.10 Å². The summed E-state index contributed by atoms with van der Waals surface area (Å²) in [6.07, 6.45) is 1.33. The van der Waals surface area contributed by atoms with Crippen molar-refractivity contribution in [3.05, 3.63) is 96.5 Å². The normalized spacial score (nSPS) is 10.6. The summed E-state index contributed by atoms with van der Waals surface area (Å²) >= 11 is 11.5. The quantitative estimate of drug-likeness (QED) is 0.128. The Kier molecular flexibility index (Phi) is 8.98. The van der Waals surface area contributed by atoms with Gasteiger partial charge in [-0.15, -0.1) is 0 Å². The van der Waals surface area contributed by atoms with Crippen molar-refractivity contribution in [2.75, 3.05) is 6.54 Å². The molecule has 0 aliphatic carbocycles. The van der Waals surface area contributed by atoms with Crippen molar-refractivity contribution >= 4 is 74.1 Å². The molecule has 3 rings (SSSR count). The molecule has 10 heteroatoms. The van der Waals surface area contributed by atoms with Gasteiger partial charge in [0.15, 0.2) is 0 Å². The predicted molar refractivity (Wildman–Crippen MR) is 138 cm³/mol. The van der Waals surface area contributed by atoms with E-state index in [4.69, 9.17) is 16.3 Å². The smallest absolute Gasteiger partial charge is 0.345 e. The van der Waals surface area contributed by atoms with Crippen LogP contribution in [0.5, 0.6) is 5.75 Å². The third-order valence-electron chi connectivity index (χ3n) is 4.19. The highest BCUT2D eigenvalue weighted by atomic mass is 127. The molecule has 7 nitrogen and oxygen atoms in total. The lowest BCUT2D eigenvalue weighted by atomic mass is 10.2. The molecule has 168 valence electrons. The molecule has 3 aromatic rings. The van der Waals surface area contributed by atoms with E-state index in [0.29, 0.717) is 11.1 Å². The fourth-order valence-corrected chi connectivity index (χ4v) is 3.83. The van der Waals surface area contributed by atoms with Gasteiger partial charge in [-0.3, -0.25) is 9.59 Å². The number of hydrogen-bond donors (Lipinski definition) is 2. The molecule has 0 saturated carbocycles. The maximum absolute atomic E-state index is 12.5. The molecule has 0 heterocycles. The first-order valence-corrected chi connectivity index (χ1v) is 11.7. The van der Waals surface area contributed by atoms with Gasteiger partial charge in [-0.25, -0.2) is 10.2 Å². The van der Waals surface area contributed by atoms with Gasteiger partial charge in [0, 0.05) is 13.6 Å². The highest BCUT2D eigenvalue weighted by Gasteiger charge is 2.15. The molecule has 0 fully saturated rings. The SMILES string of the molecule is O=C(CNC(=O)c1ccccc1I)N/N=C\c1cc(Br)ccc1OC(=O)c1ccccc1Cl. The summed E-state index contributed by atoms with van der Waals surface area (Å²) in [6, 6.07) is 18.5. The van der Waals surface area contributed by atoms with Crippen molar-refractivity contribution < 1.29 is 19.1 Å². The Morgan fingerprint density at radius 1 is 1.03 bits per heavy atom. The fourth-order valence-electron chi connectivity index (χ4n) is 2.61. The van der Waals surface area contributed by atoms with E-state index in [-0.39, 0.29) is 28.8 Å². The van der Waals surface area contributed by atoms with E-state index in [1.165, 1.54) is 6.21 Å². The summed E-state index contributed by atoms with van der Waals surface area (Å²) in [7, 11) is 0. The predicted octanol–water partition coefficient (Wildman–Crippen LogP) is 4.81. The van der Waals surface area contributed by atoms with E-state index in [1.54, 1.807) is 60.7 Å². The number of carbonyl (C=O) groups excluding carboxylic acids is 3. The van der Waals surface area contributed by atoms with Gasteiger partial charge in [0.1, 0.15) is 5.75 Å². The number of halogens is 3. The fraction of sp³-hybridized carbons (Fsp3) is 0.0435. The number of nitrogens with one attached hydrogen (secondary N) is 2. The monoisotopic (exact) mass is 639 g/mol. The highest BCUT2D eigenvalue weighted by molar-refractivity contribution is 14.1. The zero-order chi connectivity index (χ0) is 23.8. The Balaban J connectivity index is 1.61. The van der Waals surface area contributed by atoms with Crippen LogP contribution in [-0.4, -0.2) is 30.5 Å². The van der Waals surface area contributed by atoms with Gasteiger partial charge >= 0.3 is 5.97 Å². The first kappa shape index (κ1) is 24.9. The van der Waals surface area contributed by atoms with Crippen LogP contribution in [0.3, 0.4) is 0 Å². The van der Waals surface area contributed by atoms with Gasteiger partial charge in [-0.2, -0.15) is 5.10 Å². The number of nitrogens with zero attached hydrogens (tertiary/aromatic N) is 1. The third-order valence-corrected chi connectivity index (χ3v) is 5.95. The topological polar surface area (TPSA) is 96.9 Å². The summed E-state index contributed by atoms with van der Waals surface area (Å²) in [5, 5.41) is 6.71. The van der Waals surface area contributed by atoms with Crippen LogP contribution in [0, 0.1) is 3.57 Å². The van der Waals surface area contributed by atoms with Gasteiger partial charge < -0.3 is 10.1 Å². The molecule has 0 aromatic heterocycles. The molecular formula is C23H16BrClIN3O4. The summed E-state index contributed by atoms with van der Waals surface area (Å²) in [5.41, 5.74) is 3.47. The first-order chi connectivity index (χ1) is 15.8. The van der Waals surface area contributed by atoms with Gasteiger partial charge in [-0.05, 0) is 65.1 Å². The van der Waals surface area contributed by atoms with Crippen LogP contribution >= 0.6 is 50.1 Å². The maximum Gasteiger partial charge on any atom is 0.345 e. The van der Waals surface area contributed by atoms with Crippen LogP contribution in [0.25, 0.3) is 0 Å². The van der Waals surface area contributed by atoms with E-state index in [1.807, 2.05) is 28.7 Å². The average Bonchev–Trinajstić information content (AvgIpc) is 2.79. The standard InChI is InChI=1S/C23H16BrClIN3O4/c24-15-9-10-20(33-23(32)16-5-1-3-7-18(16)25)14(11-15)12-28-29-21(30)13-27-22(31)17-6-2-4-8-19(17)26/h1-12H,13H2,(H,27,31)(H,29,30)/b28-12-. The molecule has 0 aliphatic heterocycles. The minimum atomic E-state index is -0.625. The van der Waals surface area contributed by atoms with Gasteiger partial charge in [0.25, 0.3) is 11.8 Å². The Labute approximate surface area is 216 Å². The number of ether oxygens (including phenoxy) is 1. The number of esters is 1. The lowest BCUT2D eigenvalue weighted by Gasteiger charge is -2.09. The van der Waals surface area contributed by atoms with E-state index >= 15 is 0 Å². The minimum absolute atomic E-state index is 0.224. The molecule has 2 N–H and O–H groups in total. The van der Waals surface area contributed by atoms with Gasteiger partial charge in [-0.1, -0.05) is 51.8 Å². The van der Waals surface area contributed by atoms with Crippen molar-refractivity contribution in [3.8, 4) is 5.75 Å². The lowest BCUT2D eigenvalue weighted by molar-refractivity contribution is -0.120. The van der Waals surface area contributed by atoms with Crippen molar-refractivity contribution in [2.45, 2.75) is 0 Å². The molecule has 0 spiro atoms. The Morgan fingerprint density at radius 3 is 2.45 bits per heavy atom. The van der Waals surface area contributed by atoms with Crippen molar-refractivity contribution in [3.63, 3.8) is 0 Å². The second-order valence-corrected chi connectivity index (χ2v) is 8.99. The Hall–Kier alpha value is -2.76. The van der Waals surface area contributed by atoms with E-state index < -0.39 is 11.9 Å². The zero-order valence-corrected chi connectivity index (χ0v) is 21.3. The first-order valence-electron chi connectivity index (χ1n) is 9.46. The summed E-state index contributed by atoms with van der Waals surface area (Å²) in [5.74, 6) is -1.28. The molecule has 0 radical (unpaired) electrons. The minimum Gasteiger partial charge on any atom is -0.422 e. The summed E-state index contributed by atoms with van der Waals surface area (Å²) in [6.45, 7) is -0.256. The molecule has 0 unspecified atom stereocenters.